The highest BCUT2D eigenvalue weighted by molar-refractivity contribution is 5.91. The molecular formula is C20H21NO5. The Kier molecular flexibility index (Phi) is 6.22. The van der Waals surface area contributed by atoms with Crippen molar-refractivity contribution in [2.45, 2.75) is 18.9 Å². The summed E-state index contributed by atoms with van der Waals surface area (Å²) in [5.74, 6) is 0.279. The highest BCUT2D eigenvalue weighted by atomic mass is 16.5. The molecule has 0 aliphatic carbocycles. The first kappa shape index (κ1) is 17.9. The van der Waals surface area contributed by atoms with Crippen molar-refractivity contribution in [2.75, 3.05) is 19.8 Å². The van der Waals surface area contributed by atoms with Gasteiger partial charge in [-0.15, -0.1) is 0 Å². The molecule has 3 rings (SSSR count). The minimum absolute atomic E-state index is 0.0569. The molecule has 2 aromatic carbocycles. The quantitative estimate of drug-likeness (QED) is 0.773. The molecule has 6 nitrogen and oxygen atoms in total. The average molecular weight is 355 g/mol. The van der Waals surface area contributed by atoms with Crippen LogP contribution in [0.4, 0.5) is 0 Å². The van der Waals surface area contributed by atoms with Gasteiger partial charge in [0.05, 0.1) is 11.7 Å². The van der Waals surface area contributed by atoms with Crippen LogP contribution in [0.2, 0.25) is 0 Å². The molecule has 0 spiro atoms. The summed E-state index contributed by atoms with van der Waals surface area (Å²) in [5.41, 5.74) is 0.324. The van der Waals surface area contributed by atoms with Crippen molar-refractivity contribution in [3.63, 3.8) is 0 Å². The minimum Gasteiger partial charge on any atom is -0.457 e. The molecule has 1 N–H and O–H groups in total. The van der Waals surface area contributed by atoms with E-state index in [9.17, 15) is 9.59 Å². The van der Waals surface area contributed by atoms with E-state index in [2.05, 4.69) is 5.32 Å². The van der Waals surface area contributed by atoms with Crippen LogP contribution in [0.5, 0.6) is 11.5 Å². The second-order valence-electron chi connectivity index (χ2n) is 5.96. The fourth-order valence-electron chi connectivity index (χ4n) is 2.61. The summed E-state index contributed by atoms with van der Waals surface area (Å²) in [4.78, 5) is 23.9. The first-order valence-electron chi connectivity index (χ1n) is 8.59. The number of amides is 1. The molecule has 0 bridgehead atoms. The second kappa shape index (κ2) is 9.01. The molecule has 1 aliphatic heterocycles. The number of carbonyl (C=O) groups is 2. The van der Waals surface area contributed by atoms with Gasteiger partial charge in [-0.3, -0.25) is 4.79 Å². The van der Waals surface area contributed by atoms with E-state index in [0.29, 0.717) is 23.6 Å². The molecule has 1 aliphatic rings. The highest BCUT2D eigenvalue weighted by Gasteiger charge is 2.17. The number of nitrogens with one attached hydrogen (secondary N) is 1. The number of hydrogen-bond acceptors (Lipinski definition) is 5. The summed E-state index contributed by atoms with van der Waals surface area (Å²) in [7, 11) is 0. The van der Waals surface area contributed by atoms with Gasteiger partial charge < -0.3 is 19.5 Å². The zero-order valence-corrected chi connectivity index (χ0v) is 14.4. The van der Waals surface area contributed by atoms with Gasteiger partial charge in [-0.05, 0) is 43.2 Å². The van der Waals surface area contributed by atoms with E-state index in [1.54, 1.807) is 24.3 Å². The molecule has 1 heterocycles. The first-order chi connectivity index (χ1) is 12.7. The highest BCUT2D eigenvalue weighted by Crippen LogP contribution is 2.22. The van der Waals surface area contributed by atoms with Crippen LogP contribution >= 0.6 is 0 Å². The van der Waals surface area contributed by atoms with E-state index in [1.165, 1.54) is 0 Å². The molecule has 1 saturated heterocycles. The Hall–Kier alpha value is -2.86. The fraction of sp³-hybridized carbons (Fsp3) is 0.300. The van der Waals surface area contributed by atoms with Crippen LogP contribution in [0.1, 0.15) is 23.2 Å². The van der Waals surface area contributed by atoms with E-state index >= 15 is 0 Å². The number of para-hydroxylation sites is 1. The maximum absolute atomic E-state index is 12.1. The van der Waals surface area contributed by atoms with Crippen molar-refractivity contribution in [2.24, 2.45) is 0 Å². The van der Waals surface area contributed by atoms with E-state index in [1.807, 2.05) is 30.3 Å². The fourth-order valence-corrected chi connectivity index (χ4v) is 2.61. The Morgan fingerprint density at radius 3 is 2.65 bits per heavy atom. The largest absolute Gasteiger partial charge is 0.457 e. The van der Waals surface area contributed by atoms with Gasteiger partial charge in [-0.1, -0.05) is 24.3 Å². The van der Waals surface area contributed by atoms with E-state index in [0.717, 1.165) is 19.4 Å². The Morgan fingerprint density at radius 2 is 1.88 bits per heavy atom. The van der Waals surface area contributed by atoms with Crippen LogP contribution in [0, 0.1) is 0 Å². The van der Waals surface area contributed by atoms with Crippen LogP contribution < -0.4 is 10.1 Å². The van der Waals surface area contributed by atoms with Crippen molar-refractivity contribution in [1.29, 1.82) is 0 Å². The predicted molar refractivity (Wildman–Crippen MR) is 95.2 cm³/mol. The number of hydrogen-bond donors (Lipinski definition) is 1. The van der Waals surface area contributed by atoms with Crippen LogP contribution in [0.25, 0.3) is 0 Å². The predicted octanol–water partition coefficient (Wildman–Crippen LogP) is 2.93. The van der Waals surface area contributed by atoms with Crippen LogP contribution in [-0.4, -0.2) is 37.7 Å². The third-order valence-corrected chi connectivity index (χ3v) is 3.93. The van der Waals surface area contributed by atoms with Gasteiger partial charge in [0.25, 0.3) is 5.91 Å². The van der Waals surface area contributed by atoms with E-state index in [-0.39, 0.29) is 18.6 Å². The standard InChI is InChI=1S/C20H21NO5/c22-19(21-13-18-10-5-11-24-18)14-25-20(23)15-6-4-9-17(12-15)26-16-7-2-1-3-8-16/h1-4,6-9,12,18H,5,10-11,13-14H2,(H,21,22)/t18-/m0/s1. The third kappa shape index (κ3) is 5.32. The van der Waals surface area contributed by atoms with Crippen molar-refractivity contribution < 1.29 is 23.8 Å². The van der Waals surface area contributed by atoms with Crippen molar-refractivity contribution in [3.8, 4) is 11.5 Å². The maximum Gasteiger partial charge on any atom is 0.338 e. The second-order valence-corrected chi connectivity index (χ2v) is 5.96. The van der Waals surface area contributed by atoms with Crippen molar-refractivity contribution in [3.05, 3.63) is 60.2 Å². The first-order valence-corrected chi connectivity index (χ1v) is 8.59. The Bertz CT molecular complexity index is 741. The summed E-state index contributed by atoms with van der Waals surface area (Å²) in [6, 6.07) is 15.9. The molecule has 0 aromatic heterocycles. The van der Waals surface area contributed by atoms with E-state index in [4.69, 9.17) is 14.2 Å². The molecule has 0 radical (unpaired) electrons. The van der Waals surface area contributed by atoms with Gasteiger partial charge in [-0.2, -0.15) is 0 Å². The summed E-state index contributed by atoms with van der Waals surface area (Å²) in [6.07, 6.45) is 2.01. The SMILES string of the molecule is O=C(COC(=O)c1cccc(Oc2ccccc2)c1)NC[C@@H]1CCCO1. The van der Waals surface area contributed by atoms with Crippen molar-refractivity contribution >= 4 is 11.9 Å². The average Bonchev–Trinajstić information content (AvgIpc) is 3.19. The van der Waals surface area contributed by atoms with Crippen LogP contribution in [-0.2, 0) is 14.3 Å². The molecule has 0 unspecified atom stereocenters. The van der Waals surface area contributed by atoms with Gasteiger partial charge in [-0.25, -0.2) is 4.79 Å². The molecule has 1 fully saturated rings. The molecular weight excluding hydrogens is 334 g/mol. The minimum atomic E-state index is -0.573. The zero-order valence-electron chi connectivity index (χ0n) is 14.4. The van der Waals surface area contributed by atoms with Gasteiger partial charge in [0, 0.05) is 13.2 Å². The molecule has 1 atom stereocenters. The third-order valence-electron chi connectivity index (χ3n) is 3.93. The summed E-state index contributed by atoms with van der Waals surface area (Å²) in [5, 5.41) is 2.71. The van der Waals surface area contributed by atoms with Gasteiger partial charge >= 0.3 is 5.97 Å². The molecule has 136 valence electrons. The summed E-state index contributed by atoms with van der Waals surface area (Å²) < 4.78 is 16.2. The van der Waals surface area contributed by atoms with Crippen molar-refractivity contribution in [1.82, 2.24) is 5.32 Å². The summed E-state index contributed by atoms with van der Waals surface area (Å²) >= 11 is 0. The monoisotopic (exact) mass is 355 g/mol. The number of ether oxygens (including phenoxy) is 3. The Morgan fingerprint density at radius 1 is 1.08 bits per heavy atom. The normalized spacial score (nSPS) is 16.1. The lowest BCUT2D eigenvalue weighted by Gasteiger charge is -2.11. The molecule has 1 amide bonds. The van der Waals surface area contributed by atoms with Gasteiger partial charge in [0.15, 0.2) is 6.61 Å². The topological polar surface area (TPSA) is 73.9 Å². The Labute approximate surface area is 152 Å². The zero-order chi connectivity index (χ0) is 18.2. The van der Waals surface area contributed by atoms with Crippen LogP contribution in [0.3, 0.4) is 0 Å². The smallest absolute Gasteiger partial charge is 0.338 e. The van der Waals surface area contributed by atoms with Gasteiger partial charge in [0.2, 0.25) is 0 Å². The lowest BCUT2D eigenvalue weighted by atomic mass is 10.2. The summed E-state index contributed by atoms with van der Waals surface area (Å²) in [6.45, 7) is 0.850. The lowest BCUT2D eigenvalue weighted by molar-refractivity contribution is -0.124. The number of esters is 1. The lowest BCUT2D eigenvalue weighted by Crippen LogP contribution is -2.34. The molecule has 2 aromatic rings. The van der Waals surface area contributed by atoms with E-state index < -0.39 is 5.97 Å². The van der Waals surface area contributed by atoms with Crippen LogP contribution in [0.15, 0.2) is 54.6 Å². The maximum atomic E-state index is 12.1. The van der Waals surface area contributed by atoms with Gasteiger partial charge in [0.1, 0.15) is 11.5 Å². The number of carbonyl (C=O) groups excluding carboxylic acids is 2. The molecule has 6 heteroatoms. The molecule has 26 heavy (non-hydrogen) atoms. The Balaban J connectivity index is 1.48. The molecule has 0 saturated carbocycles. The number of rotatable bonds is 7. The number of benzene rings is 2.